The van der Waals surface area contributed by atoms with Crippen molar-refractivity contribution in [3.8, 4) is 0 Å². The van der Waals surface area contributed by atoms with Gasteiger partial charge in [0.15, 0.2) is 0 Å². The lowest BCUT2D eigenvalue weighted by Gasteiger charge is -2.41. The lowest BCUT2D eigenvalue weighted by Crippen LogP contribution is -2.51. The van der Waals surface area contributed by atoms with Gasteiger partial charge in [0.25, 0.3) is 0 Å². The Morgan fingerprint density at radius 2 is 2.00 bits per heavy atom. The van der Waals surface area contributed by atoms with Crippen molar-refractivity contribution in [1.29, 1.82) is 0 Å². The van der Waals surface area contributed by atoms with E-state index in [4.69, 9.17) is 9.47 Å². The molecule has 0 spiro atoms. The highest BCUT2D eigenvalue weighted by molar-refractivity contribution is 4.88. The van der Waals surface area contributed by atoms with Crippen LogP contribution in [-0.2, 0) is 9.47 Å². The first-order chi connectivity index (χ1) is 9.71. The zero-order valence-electron chi connectivity index (χ0n) is 13.5. The molecule has 2 rings (SSSR count). The number of nitrogens with one attached hydrogen (secondary N) is 1. The van der Waals surface area contributed by atoms with Crippen LogP contribution in [0.25, 0.3) is 0 Å². The molecule has 0 aliphatic carbocycles. The van der Waals surface area contributed by atoms with Gasteiger partial charge in [-0.05, 0) is 32.2 Å². The predicted molar refractivity (Wildman–Crippen MR) is 82.1 cm³/mol. The molecule has 118 valence electrons. The number of nitrogens with zero attached hydrogens (tertiary/aromatic N) is 1. The summed E-state index contributed by atoms with van der Waals surface area (Å²) in [4.78, 5) is 2.47. The molecule has 2 aliphatic rings. The molecule has 2 saturated heterocycles. The van der Waals surface area contributed by atoms with Crippen LogP contribution < -0.4 is 5.32 Å². The Morgan fingerprint density at radius 1 is 1.20 bits per heavy atom. The molecule has 0 aromatic carbocycles. The Hall–Kier alpha value is -0.160. The summed E-state index contributed by atoms with van der Waals surface area (Å²) in [6.07, 6.45) is 4.86. The van der Waals surface area contributed by atoms with E-state index in [1.165, 1.54) is 0 Å². The number of hydrogen-bond acceptors (Lipinski definition) is 4. The molecule has 0 aromatic heterocycles. The van der Waals surface area contributed by atoms with Crippen molar-refractivity contribution in [2.24, 2.45) is 0 Å². The third-order valence-corrected chi connectivity index (χ3v) is 5.09. The topological polar surface area (TPSA) is 33.7 Å². The molecule has 20 heavy (non-hydrogen) atoms. The minimum Gasteiger partial charge on any atom is -0.375 e. The van der Waals surface area contributed by atoms with Crippen molar-refractivity contribution < 1.29 is 9.47 Å². The number of morpholine rings is 1. The van der Waals surface area contributed by atoms with Crippen molar-refractivity contribution in [1.82, 2.24) is 10.2 Å². The lowest BCUT2D eigenvalue weighted by atomic mass is 9.86. The molecule has 2 unspecified atom stereocenters. The molecule has 2 aliphatic heterocycles. The van der Waals surface area contributed by atoms with Gasteiger partial charge in [-0.15, -0.1) is 0 Å². The van der Waals surface area contributed by atoms with Crippen molar-refractivity contribution in [2.75, 3.05) is 39.4 Å². The number of likely N-dealkylation sites (N-methyl/N-ethyl adjacent to an activating group) is 1. The molecule has 0 amide bonds. The van der Waals surface area contributed by atoms with Gasteiger partial charge >= 0.3 is 0 Å². The van der Waals surface area contributed by atoms with E-state index in [-0.39, 0.29) is 5.60 Å². The summed E-state index contributed by atoms with van der Waals surface area (Å²) in [6.45, 7) is 12.7. The maximum absolute atomic E-state index is 6.04. The maximum Gasteiger partial charge on any atom is 0.0826 e. The average molecular weight is 284 g/mol. The van der Waals surface area contributed by atoms with Crippen LogP contribution >= 0.6 is 0 Å². The minimum absolute atomic E-state index is 0.110. The highest BCUT2D eigenvalue weighted by atomic mass is 16.5. The van der Waals surface area contributed by atoms with Gasteiger partial charge in [0, 0.05) is 32.3 Å². The second kappa shape index (κ2) is 7.74. The first kappa shape index (κ1) is 16.2. The Balaban J connectivity index is 1.76. The minimum atomic E-state index is 0.110. The zero-order chi connectivity index (χ0) is 14.4. The fourth-order valence-electron chi connectivity index (χ4n) is 3.43. The molecule has 0 radical (unpaired) electrons. The van der Waals surface area contributed by atoms with Crippen molar-refractivity contribution >= 4 is 0 Å². The van der Waals surface area contributed by atoms with Crippen molar-refractivity contribution in [3.63, 3.8) is 0 Å². The van der Waals surface area contributed by atoms with Crippen LogP contribution in [0.15, 0.2) is 0 Å². The molecule has 0 bridgehead atoms. The Morgan fingerprint density at radius 3 is 2.70 bits per heavy atom. The predicted octanol–water partition coefficient (Wildman–Crippen LogP) is 2.03. The summed E-state index contributed by atoms with van der Waals surface area (Å²) in [5.74, 6) is 0. The third kappa shape index (κ3) is 4.17. The Bertz CT molecular complexity index is 282. The molecular weight excluding hydrogens is 252 g/mol. The van der Waals surface area contributed by atoms with Gasteiger partial charge in [-0.3, -0.25) is 4.90 Å². The van der Waals surface area contributed by atoms with Gasteiger partial charge in [0.05, 0.1) is 18.3 Å². The highest BCUT2D eigenvalue weighted by Crippen LogP contribution is 2.31. The van der Waals surface area contributed by atoms with E-state index >= 15 is 0 Å². The van der Waals surface area contributed by atoms with Gasteiger partial charge in [-0.1, -0.05) is 20.8 Å². The maximum atomic E-state index is 6.04. The van der Waals surface area contributed by atoms with Crippen molar-refractivity contribution in [2.45, 2.75) is 64.2 Å². The van der Waals surface area contributed by atoms with Gasteiger partial charge in [0.2, 0.25) is 0 Å². The molecule has 2 atom stereocenters. The van der Waals surface area contributed by atoms with E-state index in [9.17, 15) is 0 Å². The van der Waals surface area contributed by atoms with E-state index in [0.29, 0.717) is 12.1 Å². The summed E-state index contributed by atoms with van der Waals surface area (Å²) in [6, 6.07) is 0.587. The molecule has 1 N–H and O–H groups in total. The first-order valence-corrected chi connectivity index (χ1v) is 8.42. The SMILES string of the molecule is CCN1CCOC(CNC2CCOC(CC)(CC)C2)C1. The average Bonchev–Trinajstić information content (AvgIpc) is 2.53. The third-order valence-electron chi connectivity index (χ3n) is 5.09. The van der Waals surface area contributed by atoms with E-state index < -0.39 is 0 Å². The van der Waals surface area contributed by atoms with Crippen LogP contribution in [0.5, 0.6) is 0 Å². The van der Waals surface area contributed by atoms with Gasteiger partial charge in [0.1, 0.15) is 0 Å². The number of hydrogen-bond donors (Lipinski definition) is 1. The monoisotopic (exact) mass is 284 g/mol. The smallest absolute Gasteiger partial charge is 0.0826 e. The Kier molecular flexibility index (Phi) is 6.27. The molecule has 0 aromatic rings. The Labute approximate surface area is 124 Å². The van der Waals surface area contributed by atoms with Gasteiger partial charge in [-0.2, -0.15) is 0 Å². The van der Waals surface area contributed by atoms with Crippen LogP contribution in [0, 0.1) is 0 Å². The second-order valence-corrected chi connectivity index (χ2v) is 6.22. The van der Waals surface area contributed by atoms with E-state index in [2.05, 4.69) is 31.0 Å². The van der Waals surface area contributed by atoms with E-state index in [0.717, 1.165) is 65.1 Å². The largest absolute Gasteiger partial charge is 0.375 e. The van der Waals surface area contributed by atoms with Crippen LogP contribution in [0.4, 0.5) is 0 Å². The summed E-state index contributed by atoms with van der Waals surface area (Å²) in [7, 11) is 0. The van der Waals surface area contributed by atoms with E-state index in [1.807, 2.05) is 0 Å². The molecule has 4 nitrogen and oxygen atoms in total. The standard InChI is InChI=1S/C16H32N2O2/c1-4-16(5-2)11-14(7-9-20-16)17-12-15-13-18(6-3)8-10-19-15/h14-15,17H,4-13H2,1-3H3. The summed E-state index contributed by atoms with van der Waals surface area (Å²) in [5.41, 5.74) is 0.110. The molecule has 0 saturated carbocycles. The second-order valence-electron chi connectivity index (χ2n) is 6.22. The van der Waals surface area contributed by atoms with Crippen LogP contribution in [0.1, 0.15) is 46.5 Å². The fourth-order valence-corrected chi connectivity index (χ4v) is 3.43. The normalized spacial score (nSPS) is 31.4. The quantitative estimate of drug-likeness (QED) is 0.809. The zero-order valence-corrected chi connectivity index (χ0v) is 13.5. The molecule has 2 heterocycles. The molecule has 2 fully saturated rings. The fraction of sp³-hybridized carbons (Fsp3) is 1.00. The van der Waals surface area contributed by atoms with Crippen LogP contribution in [0.3, 0.4) is 0 Å². The van der Waals surface area contributed by atoms with Crippen LogP contribution in [-0.4, -0.2) is 62.0 Å². The number of ether oxygens (including phenoxy) is 2. The summed E-state index contributed by atoms with van der Waals surface area (Å²) in [5, 5.41) is 3.73. The van der Waals surface area contributed by atoms with E-state index in [1.54, 1.807) is 0 Å². The van der Waals surface area contributed by atoms with Crippen molar-refractivity contribution in [3.05, 3.63) is 0 Å². The van der Waals surface area contributed by atoms with Gasteiger partial charge < -0.3 is 14.8 Å². The first-order valence-electron chi connectivity index (χ1n) is 8.42. The lowest BCUT2D eigenvalue weighted by molar-refractivity contribution is -0.0955. The summed E-state index contributed by atoms with van der Waals surface area (Å²) >= 11 is 0. The van der Waals surface area contributed by atoms with Crippen LogP contribution in [0.2, 0.25) is 0 Å². The van der Waals surface area contributed by atoms with Gasteiger partial charge in [-0.25, -0.2) is 0 Å². The highest BCUT2D eigenvalue weighted by Gasteiger charge is 2.34. The molecule has 4 heteroatoms. The molecular formula is C16H32N2O2. The summed E-state index contributed by atoms with van der Waals surface area (Å²) < 4.78 is 11.9. The number of rotatable bonds is 6.